The zero-order valence-corrected chi connectivity index (χ0v) is 13.0. The lowest BCUT2D eigenvalue weighted by Crippen LogP contribution is -2.17. The van der Waals surface area contributed by atoms with Gasteiger partial charge in [-0.25, -0.2) is 0 Å². The molecule has 1 unspecified atom stereocenters. The average Bonchev–Trinajstić information content (AvgIpc) is 2.87. The van der Waals surface area contributed by atoms with E-state index in [0.29, 0.717) is 13.2 Å². The molecule has 0 aliphatic carbocycles. The molecule has 1 heterocycles. The second kappa shape index (κ2) is 7.12. The van der Waals surface area contributed by atoms with Crippen LogP contribution in [0.3, 0.4) is 0 Å². The van der Waals surface area contributed by atoms with Crippen molar-refractivity contribution in [3.63, 3.8) is 0 Å². The van der Waals surface area contributed by atoms with Crippen LogP contribution in [0.25, 0.3) is 0 Å². The Balaban J connectivity index is 2.22. The van der Waals surface area contributed by atoms with Gasteiger partial charge in [-0.3, -0.25) is 0 Å². The van der Waals surface area contributed by atoms with Crippen molar-refractivity contribution in [1.82, 2.24) is 5.32 Å². The largest absolute Gasteiger partial charge is 0.490 e. The predicted molar refractivity (Wildman–Crippen MR) is 77.9 cm³/mol. The molecule has 2 rings (SSSR count). The van der Waals surface area contributed by atoms with Crippen molar-refractivity contribution < 1.29 is 14.2 Å². The number of benzene rings is 1. The topological polar surface area (TPSA) is 39.7 Å². The summed E-state index contributed by atoms with van der Waals surface area (Å²) in [6, 6.07) is 4.08. The highest BCUT2D eigenvalue weighted by Crippen LogP contribution is 2.38. The molecular weight excluding hydrogens is 310 g/mol. The lowest BCUT2D eigenvalue weighted by molar-refractivity contribution is 0.137. The molecule has 0 amide bonds. The number of rotatable bonds is 6. The summed E-state index contributed by atoms with van der Waals surface area (Å²) in [6.07, 6.45) is 1.04. The van der Waals surface area contributed by atoms with Crippen molar-refractivity contribution in [2.45, 2.75) is 26.0 Å². The zero-order chi connectivity index (χ0) is 13.7. The second-order valence-electron chi connectivity index (χ2n) is 4.47. The van der Waals surface area contributed by atoms with Gasteiger partial charge in [0, 0.05) is 13.0 Å². The summed E-state index contributed by atoms with van der Waals surface area (Å²) in [5, 5.41) is 3.14. The van der Waals surface area contributed by atoms with E-state index in [1.54, 1.807) is 0 Å². The average molecular weight is 330 g/mol. The van der Waals surface area contributed by atoms with E-state index in [-0.39, 0.29) is 6.10 Å². The standard InChI is InChI=1S/C14H20BrNO3/c1-3-18-13-7-10(8-16-2)6-12(15)14(13)19-11-4-5-17-9-11/h6-7,11,16H,3-5,8-9H2,1-2H3. The van der Waals surface area contributed by atoms with E-state index in [0.717, 1.165) is 41.1 Å². The van der Waals surface area contributed by atoms with Crippen LogP contribution in [0.4, 0.5) is 0 Å². The molecule has 0 bridgehead atoms. The van der Waals surface area contributed by atoms with Gasteiger partial charge in [0.05, 0.1) is 24.3 Å². The molecule has 0 radical (unpaired) electrons. The van der Waals surface area contributed by atoms with E-state index in [2.05, 4.69) is 27.3 Å². The summed E-state index contributed by atoms with van der Waals surface area (Å²) in [5.74, 6) is 1.56. The minimum absolute atomic E-state index is 0.116. The third-order valence-electron chi connectivity index (χ3n) is 2.92. The first-order valence-corrected chi connectivity index (χ1v) is 7.38. The van der Waals surface area contributed by atoms with E-state index >= 15 is 0 Å². The van der Waals surface area contributed by atoms with Gasteiger partial charge < -0.3 is 19.5 Å². The molecule has 1 saturated heterocycles. The maximum Gasteiger partial charge on any atom is 0.175 e. The first kappa shape index (κ1) is 14.6. The van der Waals surface area contributed by atoms with Crippen LogP contribution in [-0.2, 0) is 11.3 Å². The quantitative estimate of drug-likeness (QED) is 0.871. The molecule has 0 spiro atoms. The van der Waals surface area contributed by atoms with Gasteiger partial charge in [0.2, 0.25) is 0 Å². The van der Waals surface area contributed by atoms with Crippen molar-refractivity contribution in [2.24, 2.45) is 0 Å². The Labute approximate surface area is 122 Å². The minimum atomic E-state index is 0.116. The summed E-state index contributed by atoms with van der Waals surface area (Å²) in [4.78, 5) is 0. The van der Waals surface area contributed by atoms with E-state index in [1.807, 2.05) is 20.0 Å². The summed E-state index contributed by atoms with van der Waals surface area (Å²) >= 11 is 3.57. The first-order valence-electron chi connectivity index (χ1n) is 6.58. The number of hydrogen-bond acceptors (Lipinski definition) is 4. The molecule has 1 aromatic rings. The van der Waals surface area contributed by atoms with Crippen LogP contribution in [0.5, 0.6) is 11.5 Å². The number of ether oxygens (including phenoxy) is 3. The molecule has 4 nitrogen and oxygen atoms in total. The highest BCUT2D eigenvalue weighted by atomic mass is 79.9. The highest BCUT2D eigenvalue weighted by molar-refractivity contribution is 9.10. The maximum absolute atomic E-state index is 6.01. The summed E-state index contributed by atoms with van der Waals surface area (Å²) < 4.78 is 18.0. The fourth-order valence-corrected chi connectivity index (χ4v) is 2.66. The summed E-state index contributed by atoms with van der Waals surface area (Å²) in [7, 11) is 1.93. The van der Waals surface area contributed by atoms with Crippen LogP contribution in [0.2, 0.25) is 0 Å². The highest BCUT2D eigenvalue weighted by Gasteiger charge is 2.21. The Morgan fingerprint density at radius 2 is 2.32 bits per heavy atom. The monoisotopic (exact) mass is 329 g/mol. The lowest BCUT2D eigenvalue weighted by atomic mass is 10.2. The maximum atomic E-state index is 6.01. The van der Waals surface area contributed by atoms with Gasteiger partial charge in [-0.2, -0.15) is 0 Å². The van der Waals surface area contributed by atoms with Gasteiger partial charge in [-0.1, -0.05) is 0 Å². The SMILES string of the molecule is CCOc1cc(CNC)cc(Br)c1OC1CCOC1. The zero-order valence-electron chi connectivity index (χ0n) is 11.4. The molecule has 0 saturated carbocycles. The molecule has 0 aromatic heterocycles. The van der Waals surface area contributed by atoms with Gasteiger partial charge >= 0.3 is 0 Å². The van der Waals surface area contributed by atoms with Crippen molar-refractivity contribution in [2.75, 3.05) is 26.9 Å². The molecule has 1 atom stereocenters. The molecule has 5 heteroatoms. The third kappa shape index (κ3) is 3.84. The van der Waals surface area contributed by atoms with Crippen LogP contribution in [0.1, 0.15) is 18.9 Å². The van der Waals surface area contributed by atoms with Gasteiger partial charge in [-0.05, 0) is 47.6 Å². The third-order valence-corrected chi connectivity index (χ3v) is 3.51. The van der Waals surface area contributed by atoms with Crippen molar-refractivity contribution >= 4 is 15.9 Å². The molecule has 1 N–H and O–H groups in total. The minimum Gasteiger partial charge on any atom is -0.490 e. The number of halogens is 1. The lowest BCUT2D eigenvalue weighted by Gasteiger charge is -2.18. The molecule has 1 fully saturated rings. The molecule has 1 aliphatic heterocycles. The number of hydrogen-bond donors (Lipinski definition) is 1. The molecule has 1 aromatic carbocycles. The van der Waals surface area contributed by atoms with Gasteiger partial charge in [-0.15, -0.1) is 0 Å². The van der Waals surface area contributed by atoms with E-state index < -0.39 is 0 Å². The van der Waals surface area contributed by atoms with Crippen molar-refractivity contribution in [1.29, 1.82) is 0 Å². The summed E-state index contributed by atoms with van der Waals surface area (Å²) in [6.45, 7) is 4.81. The Hall–Kier alpha value is -0.780. The van der Waals surface area contributed by atoms with E-state index in [1.165, 1.54) is 0 Å². The van der Waals surface area contributed by atoms with Crippen LogP contribution >= 0.6 is 15.9 Å². The normalized spacial score (nSPS) is 18.6. The second-order valence-corrected chi connectivity index (χ2v) is 5.33. The van der Waals surface area contributed by atoms with Crippen LogP contribution in [0.15, 0.2) is 16.6 Å². The van der Waals surface area contributed by atoms with Crippen molar-refractivity contribution in [3.8, 4) is 11.5 Å². The van der Waals surface area contributed by atoms with E-state index in [9.17, 15) is 0 Å². The van der Waals surface area contributed by atoms with Crippen LogP contribution in [-0.4, -0.2) is 33.0 Å². The van der Waals surface area contributed by atoms with Gasteiger partial charge in [0.15, 0.2) is 11.5 Å². The van der Waals surface area contributed by atoms with Crippen LogP contribution < -0.4 is 14.8 Å². The Morgan fingerprint density at radius 3 is 2.95 bits per heavy atom. The smallest absolute Gasteiger partial charge is 0.175 e. The first-order chi connectivity index (χ1) is 9.24. The summed E-state index contributed by atoms with van der Waals surface area (Å²) in [5.41, 5.74) is 1.16. The predicted octanol–water partition coefficient (Wildman–Crippen LogP) is 2.73. The van der Waals surface area contributed by atoms with Crippen molar-refractivity contribution in [3.05, 3.63) is 22.2 Å². The fraction of sp³-hybridized carbons (Fsp3) is 0.571. The Kier molecular flexibility index (Phi) is 5.48. The van der Waals surface area contributed by atoms with Gasteiger partial charge in [0.1, 0.15) is 6.10 Å². The Bertz CT molecular complexity index is 419. The van der Waals surface area contributed by atoms with Gasteiger partial charge in [0.25, 0.3) is 0 Å². The Morgan fingerprint density at radius 1 is 1.47 bits per heavy atom. The number of nitrogens with one attached hydrogen (secondary N) is 1. The fourth-order valence-electron chi connectivity index (χ4n) is 2.08. The van der Waals surface area contributed by atoms with E-state index in [4.69, 9.17) is 14.2 Å². The molecule has 106 valence electrons. The molecular formula is C14H20BrNO3. The van der Waals surface area contributed by atoms with Crippen LogP contribution in [0, 0.1) is 0 Å². The molecule has 19 heavy (non-hydrogen) atoms. The molecule has 1 aliphatic rings.